The molecule has 2 nitrogen and oxygen atoms in total. The lowest BCUT2D eigenvalue weighted by Crippen LogP contribution is -2.31. The van der Waals surface area contributed by atoms with Gasteiger partial charge in [-0.05, 0) is 58.3 Å². The minimum atomic E-state index is 0.323. The molecule has 0 saturated heterocycles. The molecule has 3 atom stereocenters. The highest BCUT2D eigenvalue weighted by molar-refractivity contribution is 7.11. The molecular weight excluding hydrogens is 278 g/mol. The number of ether oxygens (including phenoxy) is 1. The van der Waals surface area contributed by atoms with E-state index >= 15 is 0 Å². The summed E-state index contributed by atoms with van der Waals surface area (Å²) in [5, 5.41) is 1.22. The lowest BCUT2D eigenvalue weighted by molar-refractivity contribution is -0.0449. The molecular formula is C18H31NOS. The fraction of sp³-hybridized carbons (Fsp3) is 0.833. The van der Waals surface area contributed by atoms with Crippen LogP contribution in [0.3, 0.4) is 0 Å². The molecule has 0 aromatic carbocycles. The van der Waals surface area contributed by atoms with E-state index in [1.54, 1.807) is 0 Å². The molecule has 1 aromatic heterocycles. The predicted octanol–water partition coefficient (Wildman–Crippen LogP) is 5.35. The molecule has 1 aliphatic rings. The van der Waals surface area contributed by atoms with Crippen molar-refractivity contribution in [1.29, 1.82) is 0 Å². The average Bonchev–Trinajstić information content (AvgIpc) is 2.71. The van der Waals surface area contributed by atoms with E-state index in [9.17, 15) is 0 Å². The normalized spacial score (nSPS) is 26.8. The highest BCUT2D eigenvalue weighted by Gasteiger charge is 2.32. The second kappa shape index (κ2) is 7.23. The number of nitrogens with zero attached hydrogens (tertiary/aromatic N) is 1. The Kier molecular flexibility index (Phi) is 5.84. The van der Waals surface area contributed by atoms with Crippen LogP contribution in [0.5, 0.6) is 0 Å². The lowest BCUT2D eigenvalue weighted by atomic mass is 9.78. The minimum absolute atomic E-state index is 0.323. The third kappa shape index (κ3) is 4.53. The molecule has 2 rings (SSSR count). The number of aryl methyl sites for hydroxylation is 1. The molecule has 0 amide bonds. The number of aromatic nitrogens is 1. The van der Waals surface area contributed by atoms with Gasteiger partial charge in [-0.15, -0.1) is 11.3 Å². The first-order chi connectivity index (χ1) is 9.86. The van der Waals surface area contributed by atoms with Gasteiger partial charge in [-0.3, -0.25) is 0 Å². The summed E-state index contributed by atoms with van der Waals surface area (Å²) in [6.45, 7) is 13.4. The zero-order valence-corrected chi connectivity index (χ0v) is 15.3. The Morgan fingerprint density at radius 2 is 1.95 bits per heavy atom. The van der Waals surface area contributed by atoms with Crippen molar-refractivity contribution in [2.75, 3.05) is 0 Å². The van der Waals surface area contributed by atoms with Crippen LogP contribution in [0.1, 0.15) is 75.4 Å². The fourth-order valence-corrected chi connectivity index (χ4v) is 4.62. The molecule has 0 radical (unpaired) electrons. The van der Waals surface area contributed by atoms with Crippen LogP contribution in [0.25, 0.3) is 0 Å². The highest BCUT2D eigenvalue weighted by Crippen LogP contribution is 2.40. The summed E-state index contributed by atoms with van der Waals surface area (Å²) in [5.41, 5.74) is 1.38. The molecule has 1 heterocycles. The van der Waals surface area contributed by atoms with Crippen molar-refractivity contribution < 1.29 is 4.74 Å². The summed E-state index contributed by atoms with van der Waals surface area (Å²) >= 11 is 1.90. The van der Waals surface area contributed by atoms with Crippen molar-refractivity contribution in [3.8, 4) is 0 Å². The predicted molar refractivity (Wildman–Crippen MR) is 91.2 cm³/mol. The van der Waals surface area contributed by atoms with Crippen molar-refractivity contribution in [1.82, 2.24) is 4.98 Å². The highest BCUT2D eigenvalue weighted by atomic mass is 32.1. The topological polar surface area (TPSA) is 22.1 Å². The summed E-state index contributed by atoms with van der Waals surface area (Å²) in [6, 6.07) is 0. The van der Waals surface area contributed by atoms with E-state index in [0.717, 1.165) is 6.42 Å². The molecule has 0 bridgehead atoms. The maximum absolute atomic E-state index is 6.16. The van der Waals surface area contributed by atoms with Crippen molar-refractivity contribution in [2.45, 2.75) is 85.4 Å². The molecule has 120 valence electrons. The molecule has 1 aromatic rings. The van der Waals surface area contributed by atoms with E-state index < -0.39 is 0 Å². The van der Waals surface area contributed by atoms with Crippen molar-refractivity contribution >= 4 is 11.3 Å². The van der Waals surface area contributed by atoms with E-state index in [4.69, 9.17) is 9.72 Å². The Hall–Kier alpha value is -0.410. The number of thiazole rings is 1. The Bertz CT molecular complexity index is 452. The van der Waals surface area contributed by atoms with E-state index in [-0.39, 0.29) is 0 Å². The van der Waals surface area contributed by atoms with Crippen molar-refractivity contribution in [3.05, 3.63) is 15.6 Å². The van der Waals surface area contributed by atoms with Crippen LogP contribution < -0.4 is 0 Å². The molecule has 3 unspecified atom stereocenters. The van der Waals surface area contributed by atoms with E-state index in [1.807, 2.05) is 11.3 Å². The molecule has 1 saturated carbocycles. The monoisotopic (exact) mass is 309 g/mol. The van der Waals surface area contributed by atoms with Gasteiger partial charge in [0, 0.05) is 10.8 Å². The molecule has 1 fully saturated rings. The molecule has 0 aliphatic heterocycles. The standard InChI is InChI=1S/C18H31NOS/c1-11(2)9-17-18(19-14(6)21-17)15-8-7-13(5)16(10-15)20-12(3)4/h11-13,15-16H,7-10H2,1-6H3. The third-order valence-corrected chi connectivity index (χ3v) is 5.39. The van der Waals surface area contributed by atoms with Crippen LogP contribution in [0.15, 0.2) is 0 Å². The van der Waals surface area contributed by atoms with Gasteiger partial charge in [0.1, 0.15) is 0 Å². The maximum Gasteiger partial charge on any atom is 0.0900 e. The van der Waals surface area contributed by atoms with Crippen LogP contribution in [0.4, 0.5) is 0 Å². The second-order valence-electron chi connectivity index (χ2n) is 7.35. The van der Waals surface area contributed by atoms with Crippen LogP contribution in [0.2, 0.25) is 0 Å². The van der Waals surface area contributed by atoms with E-state index in [1.165, 1.54) is 34.8 Å². The first kappa shape index (κ1) is 17.0. The zero-order chi connectivity index (χ0) is 15.6. The quantitative estimate of drug-likeness (QED) is 0.731. The molecule has 0 N–H and O–H groups in total. The van der Waals surface area contributed by atoms with Crippen molar-refractivity contribution in [2.24, 2.45) is 11.8 Å². The summed E-state index contributed by atoms with van der Waals surface area (Å²) in [6.07, 6.45) is 5.57. The molecule has 0 spiro atoms. The average molecular weight is 310 g/mol. The van der Waals surface area contributed by atoms with Gasteiger partial charge in [-0.1, -0.05) is 20.8 Å². The first-order valence-corrected chi connectivity index (χ1v) is 9.30. The first-order valence-electron chi connectivity index (χ1n) is 8.48. The molecule has 3 heteroatoms. The van der Waals surface area contributed by atoms with Gasteiger partial charge < -0.3 is 4.74 Å². The molecule has 1 aliphatic carbocycles. The smallest absolute Gasteiger partial charge is 0.0900 e. The second-order valence-corrected chi connectivity index (χ2v) is 8.64. The third-order valence-electron chi connectivity index (χ3n) is 4.38. The Balaban J connectivity index is 2.14. The van der Waals surface area contributed by atoms with Gasteiger partial charge >= 0.3 is 0 Å². The minimum Gasteiger partial charge on any atom is -0.375 e. The van der Waals surface area contributed by atoms with Gasteiger partial charge in [-0.2, -0.15) is 0 Å². The fourth-order valence-electron chi connectivity index (χ4n) is 3.39. The lowest BCUT2D eigenvalue weighted by Gasteiger charge is -2.35. The van der Waals surface area contributed by atoms with Crippen LogP contribution >= 0.6 is 11.3 Å². The Morgan fingerprint density at radius 1 is 1.24 bits per heavy atom. The van der Waals surface area contributed by atoms with E-state index in [2.05, 4.69) is 41.5 Å². The van der Waals surface area contributed by atoms with Gasteiger partial charge in [0.25, 0.3) is 0 Å². The largest absolute Gasteiger partial charge is 0.375 e. The Morgan fingerprint density at radius 3 is 2.57 bits per heavy atom. The van der Waals surface area contributed by atoms with Crippen LogP contribution in [-0.4, -0.2) is 17.2 Å². The Labute approximate surface area is 134 Å². The van der Waals surface area contributed by atoms with Gasteiger partial charge in [0.05, 0.1) is 22.9 Å². The van der Waals surface area contributed by atoms with Crippen LogP contribution in [-0.2, 0) is 11.2 Å². The van der Waals surface area contributed by atoms with E-state index in [0.29, 0.717) is 30.0 Å². The number of hydrogen-bond donors (Lipinski definition) is 0. The number of rotatable bonds is 5. The summed E-state index contributed by atoms with van der Waals surface area (Å²) < 4.78 is 6.16. The van der Waals surface area contributed by atoms with Gasteiger partial charge in [0.15, 0.2) is 0 Å². The van der Waals surface area contributed by atoms with Crippen molar-refractivity contribution in [3.63, 3.8) is 0 Å². The van der Waals surface area contributed by atoms with Crippen LogP contribution in [0, 0.1) is 18.8 Å². The maximum atomic E-state index is 6.16. The number of hydrogen-bond acceptors (Lipinski definition) is 3. The SMILES string of the molecule is Cc1nc(C2CCC(C)C(OC(C)C)C2)c(CC(C)C)s1. The molecule has 21 heavy (non-hydrogen) atoms. The zero-order valence-electron chi connectivity index (χ0n) is 14.5. The van der Waals surface area contributed by atoms with Gasteiger partial charge in [-0.25, -0.2) is 4.98 Å². The summed E-state index contributed by atoms with van der Waals surface area (Å²) in [5.74, 6) is 1.98. The summed E-state index contributed by atoms with van der Waals surface area (Å²) in [7, 11) is 0. The van der Waals surface area contributed by atoms with Gasteiger partial charge in [0.2, 0.25) is 0 Å². The summed E-state index contributed by atoms with van der Waals surface area (Å²) in [4.78, 5) is 6.41.